The molecule has 0 saturated heterocycles. The highest BCUT2D eigenvalue weighted by Crippen LogP contribution is 1.97. The van der Waals surface area contributed by atoms with E-state index in [1.807, 2.05) is 0 Å². The first-order valence-corrected chi connectivity index (χ1v) is 5.45. The first-order chi connectivity index (χ1) is 6.47. The average Bonchev–Trinajstić information content (AvgIpc) is 2.08. The van der Waals surface area contributed by atoms with Gasteiger partial charge in [-0.1, -0.05) is 14.9 Å². The molecule has 0 atom stereocenters. The van der Waals surface area contributed by atoms with E-state index in [4.69, 9.17) is 0 Å². The fraction of sp³-hybridized carbons (Fsp3) is 1.00. The van der Waals surface area contributed by atoms with Crippen LogP contribution in [-0.2, 0) is 10.2 Å². The molecule has 0 heterocycles. The van der Waals surface area contributed by atoms with Gasteiger partial charge in [0, 0.05) is 0 Å². The molecule has 0 bridgehead atoms. The third-order valence-electron chi connectivity index (χ3n) is 0.772. The van der Waals surface area contributed by atoms with Crippen molar-refractivity contribution in [1.29, 1.82) is 0 Å². The van der Waals surface area contributed by atoms with Gasteiger partial charge in [-0.2, -0.15) is 8.42 Å². The summed E-state index contributed by atoms with van der Waals surface area (Å²) < 4.78 is 62.0. The Labute approximate surface area is 97.3 Å². The smallest absolute Gasteiger partial charge is 0.255 e. The van der Waals surface area contributed by atoms with Crippen LogP contribution in [0.3, 0.4) is 0 Å². The molecule has 7 heteroatoms. The lowest BCUT2D eigenvalue weighted by Gasteiger charge is -1.89. The average molecular weight is 272 g/mol. The zero-order valence-corrected chi connectivity index (χ0v) is 9.09. The zero-order chi connectivity index (χ0) is 12.0. The molecule has 0 spiro atoms. The minimum Gasteiger partial charge on any atom is -0.255 e. The number of rotatable bonds is 4. The third kappa shape index (κ3) is 68.3. The number of hydrogen-bond acceptors (Lipinski definition) is 2. The maximum absolute atomic E-state index is 11.6. The Morgan fingerprint density at radius 1 is 1.00 bits per heavy atom. The van der Waals surface area contributed by atoms with E-state index in [2.05, 4.69) is 0 Å². The molecule has 16 heavy (non-hydrogen) atoms. The normalized spacial score (nSPS) is 8.12. The van der Waals surface area contributed by atoms with Crippen LogP contribution in [0.5, 0.6) is 0 Å². The SMILES string of the molecule is C.C.CCF.CF.O=S(=O)(F)CCCCF. The Balaban J connectivity index is -0.0000000502. The second kappa shape index (κ2) is 24.1. The fourth-order valence-corrected chi connectivity index (χ4v) is 0.918. The topological polar surface area (TPSA) is 34.1 Å². The molecule has 0 aromatic heterocycles. The minimum absolute atomic E-state index is 0. The Morgan fingerprint density at radius 2 is 1.31 bits per heavy atom. The maximum Gasteiger partial charge on any atom is 0.302 e. The highest BCUT2D eigenvalue weighted by atomic mass is 32.3. The lowest BCUT2D eigenvalue weighted by molar-refractivity contribution is 0.466. The second-order valence-electron chi connectivity index (χ2n) is 1.91. The monoisotopic (exact) mass is 272 g/mol. The summed E-state index contributed by atoms with van der Waals surface area (Å²) in [5.74, 6) is -0.559. The van der Waals surface area contributed by atoms with Gasteiger partial charge in [0.2, 0.25) is 0 Å². The van der Waals surface area contributed by atoms with Crippen LogP contribution in [-0.4, -0.2) is 34.7 Å². The molecule has 0 fully saturated rings. The fourth-order valence-electron chi connectivity index (χ4n) is 0.369. The van der Waals surface area contributed by atoms with Gasteiger partial charge in [-0.05, 0) is 19.8 Å². The van der Waals surface area contributed by atoms with Crippen molar-refractivity contribution in [2.75, 3.05) is 26.3 Å². The predicted molar refractivity (Wildman–Crippen MR) is 62.2 cm³/mol. The van der Waals surface area contributed by atoms with Crippen LogP contribution < -0.4 is 0 Å². The third-order valence-corrected chi connectivity index (χ3v) is 1.55. The van der Waals surface area contributed by atoms with Gasteiger partial charge in [-0.3, -0.25) is 13.2 Å². The Hall–Kier alpha value is -0.330. The van der Waals surface area contributed by atoms with Gasteiger partial charge in [-0.25, -0.2) is 0 Å². The number of hydrogen-bond donors (Lipinski definition) is 0. The van der Waals surface area contributed by atoms with Gasteiger partial charge in [0.15, 0.2) is 0 Å². The summed E-state index contributed by atoms with van der Waals surface area (Å²) in [5.41, 5.74) is 0. The van der Waals surface area contributed by atoms with E-state index < -0.39 is 22.7 Å². The first kappa shape index (κ1) is 29.6. The summed E-state index contributed by atoms with van der Waals surface area (Å²) in [5, 5.41) is 0. The van der Waals surface area contributed by atoms with E-state index in [1.165, 1.54) is 6.92 Å². The molecule has 106 valence electrons. The van der Waals surface area contributed by atoms with E-state index in [9.17, 15) is 25.5 Å². The number of alkyl halides is 3. The van der Waals surface area contributed by atoms with Crippen LogP contribution in [0.2, 0.25) is 0 Å². The summed E-state index contributed by atoms with van der Waals surface area (Å²) in [6, 6.07) is 0. The van der Waals surface area contributed by atoms with E-state index in [0.29, 0.717) is 7.18 Å². The largest absolute Gasteiger partial charge is 0.302 e. The van der Waals surface area contributed by atoms with Crippen LogP contribution >= 0.6 is 0 Å². The van der Waals surface area contributed by atoms with Gasteiger partial charge >= 0.3 is 10.2 Å². The quantitative estimate of drug-likeness (QED) is 0.442. The molecule has 0 aliphatic carbocycles. The van der Waals surface area contributed by atoms with Crippen molar-refractivity contribution in [2.24, 2.45) is 0 Å². The van der Waals surface area contributed by atoms with Crippen molar-refractivity contribution < 1.29 is 25.5 Å². The highest BCUT2D eigenvalue weighted by molar-refractivity contribution is 7.86. The minimum atomic E-state index is -4.36. The van der Waals surface area contributed by atoms with Crippen LogP contribution in [0.1, 0.15) is 34.6 Å². The van der Waals surface area contributed by atoms with Crippen LogP contribution in [0, 0.1) is 0 Å². The molecule has 0 N–H and O–H groups in total. The van der Waals surface area contributed by atoms with Crippen molar-refractivity contribution >= 4 is 10.2 Å². The molecule has 0 aromatic rings. The maximum atomic E-state index is 11.6. The van der Waals surface area contributed by atoms with Crippen molar-refractivity contribution in [3.63, 3.8) is 0 Å². The number of unbranched alkanes of at least 4 members (excludes halogenated alkanes) is 1. The summed E-state index contributed by atoms with van der Waals surface area (Å²) in [6.45, 7) is 0.621. The summed E-state index contributed by atoms with van der Waals surface area (Å²) >= 11 is 0. The lowest BCUT2D eigenvalue weighted by atomic mass is 10.4. The van der Waals surface area contributed by atoms with Gasteiger partial charge in [0.25, 0.3) is 0 Å². The second-order valence-corrected chi connectivity index (χ2v) is 3.39. The molecule has 0 saturated carbocycles. The molecule has 2 nitrogen and oxygen atoms in total. The van der Waals surface area contributed by atoms with Crippen molar-refractivity contribution in [1.82, 2.24) is 0 Å². The molecule has 0 amide bonds. The van der Waals surface area contributed by atoms with E-state index in [1.54, 1.807) is 0 Å². The van der Waals surface area contributed by atoms with Crippen LogP contribution in [0.4, 0.5) is 17.1 Å². The van der Waals surface area contributed by atoms with Gasteiger partial charge in [0.05, 0.1) is 26.3 Å². The van der Waals surface area contributed by atoms with Crippen LogP contribution in [0.25, 0.3) is 0 Å². The number of halogens is 4. The molecule has 0 radical (unpaired) electrons. The lowest BCUT2D eigenvalue weighted by Crippen LogP contribution is -1.97. The summed E-state index contributed by atoms with van der Waals surface area (Å²) in [6.07, 6.45) is 0.179. The summed E-state index contributed by atoms with van der Waals surface area (Å²) in [4.78, 5) is 0. The molecule has 0 aliphatic rings. The molecule has 0 aliphatic heterocycles. The zero-order valence-electron chi connectivity index (χ0n) is 8.27. The molecule has 0 rings (SSSR count). The molecule has 0 aromatic carbocycles. The highest BCUT2D eigenvalue weighted by Gasteiger charge is 2.04. The Morgan fingerprint density at radius 3 is 1.50 bits per heavy atom. The molecular weight excluding hydrogens is 248 g/mol. The van der Waals surface area contributed by atoms with Gasteiger partial charge in [-0.15, -0.1) is 3.89 Å². The van der Waals surface area contributed by atoms with E-state index in [0.717, 1.165) is 0 Å². The van der Waals surface area contributed by atoms with E-state index in [-0.39, 0.29) is 34.4 Å². The first-order valence-electron chi connectivity index (χ1n) is 3.90. The predicted octanol–water partition coefficient (Wildman–Crippen LogP) is 3.87. The van der Waals surface area contributed by atoms with E-state index >= 15 is 0 Å². The van der Waals surface area contributed by atoms with Crippen molar-refractivity contribution in [3.05, 3.63) is 0 Å². The van der Waals surface area contributed by atoms with Gasteiger partial charge < -0.3 is 0 Å². The molecule has 0 unspecified atom stereocenters. The summed E-state index contributed by atoms with van der Waals surface area (Å²) in [7, 11) is -3.86. The van der Waals surface area contributed by atoms with Crippen LogP contribution in [0.15, 0.2) is 0 Å². The standard InChI is InChI=1S/C4H8F2O2S.C2H5F.CH3F.2CH4/c5-3-1-2-4-9(6,7)8;1-2-3;1-2;;/h1-4H2;2H2,1H3;1H3;2*1H4. The molecular formula is C9H24F4O2S. The Bertz CT molecular complexity index is 172. The van der Waals surface area contributed by atoms with Crippen molar-refractivity contribution in [3.8, 4) is 0 Å². The van der Waals surface area contributed by atoms with Gasteiger partial charge in [0.1, 0.15) is 0 Å². The Kier molecular flexibility index (Phi) is 44.6. The van der Waals surface area contributed by atoms with Crippen molar-refractivity contribution in [2.45, 2.75) is 34.6 Å².